The average Bonchev–Trinajstić information content (AvgIpc) is 2.01. The molecule has 0 saturated heterocycles. The molecule has 0 rings (SSSR count). The van der Waals surface area contributed by atoms with Crippen molar-refractivity contribution in [3.63, 3.8) is 0 Å². The molecule has 0 aromatic rings. The van der Waals surface area contributed by atoms with E-state index in [1.54, 1.807) is 7.11 Å². The van der Waals surface area contributed by atoms with Crippen molar-refractivity contribution < 1.29 is 9.84 Å². The Kier molecular flexibility index (Phi) is 4.96. The topological polar surface area (TPSA) is 29.5 Å². The molecule has 2 nitrogen and oxygen atoms in total. The summed E-state index contributed by atoms with van der Waals surface area (Å²) in [6.07, 6.45) is 6.33. The summed E-state index contributed by atoms with van der Waals surface area (Å²) in [6, 6.07) is 0. The predicted molar refractivity (Wildman–Crippen MR) is 49.7 cm³/mol. The summed E-state index contributed by atoms with van der Waals surface area (Å²) in [7, 11) is 1.59. The summed E-state index contributed by atoms with van der Waals surface area (Å²) in [5, 5.41) is 10.00. The molecular formula is C10H18O2. The lowest BCUT2D eigenvalue weighted by atomic mass is 9.87. The molecule has 0 aliphatic carbocycles. The zero-order valence-corrected chi connectivity index (χ0v) is 8.13. The molecule has 0 heterocycles. The number of terminal acetylenes is 1. The van der Waals surface area contributed by atoms with E-state index in [1.165, 1.54) is 0 Å². The molecule has 0 radical (unpaired) electrons. The summed E-state index contributed by atoms with van der Waals surface area (Å²) in [5.74, 6) is 2.69. The molecule has 0 fully saturated rings. The summed E-state index contributed by atoms with van der Waals surface area (Å²) < 4.78 is 4.95. The molecule has 0 amide bonds. The van der Waals surface area contributed by atoms with Gasteiger partial charge in [0.15, 0.2) is 0 Å². The average molecular weight is 170 g/mol. The van der Waals surface area contributed by atoms with Crippen LogP contribution < -0.4 is 0 Å². The quantitative estimate of drug-likeness (QED) is 0.632. The van der Waals surface area contributed by atoms with Crippen LogP contribution >= 0.6 is 0 Å². The number of ether oxygens (including phenoxy) is 1. The maximum atomic E-state index is 10.00. The van der Waals surface area contributed by atoms with Gasteiger partial charge in [0, 0.05) is 13.5 Å². The lowest BCUT2D eigenvalue weighted by Crippen LogP contribution is -2.39. The van der Waals surface area contributed by atoms with E-state index in [1.807, 2.05) is 13.8 Å². The van der Waals surface area contributed by atoms with Crippen LogP contribution in [0, 0.1) is 18.3 Å². The highest BCUT2D eigenvalue weighted by molar-refractivity contribution is 4.90. The van der Waals surface area contributed by atoms with E-state index in [9.17, 15) is 5.11 Å². The number of rotatable bonds is 5. The third kappa shape index (κ3) is 3.25. The van der Waals surface area contributed by atoms with Crippen molar-refractivity contribution in [3.05, 3.63) is 0 Å². The number of hydrogen-bond acceptors (Lipinski definition) is 2. The first-order chi connectivity index (χ1) is 5.56. The molecule has 0 saturated carbocycles. The first-order valence-electron chi connectivity index (χ1n) is 4.21. The van der Waals surface area contributed by atoms with Crippen molar-refractivity contribution in [3.8, 4) is 12.3 Å². The summed E-state index contributed by atoms with van der Waals surface area (Å²) >= 11 is 0. The highest BCUT2D eigenvalue weighted by Crippen LogP contribution is 2.22. The molecule has 0 aromatic heterocycles. The van der Waals surface area contributed by atoms with Crippen LogP contribution in [0.5, 0.6) is 0 Å². The predicted octanol–water partition coefficient (Wildman–Crippen LogP) is 1.43. The van der Waals surface area contributed by atoms with Crippen LogP contribution in [0.15, 0.2) is 0 Å². The molecule has 0 aromatic carbocycles. The van der Waals surface area contributed by atoms with Gasteiger partial charge in [0.05, 0.1) is 12.2 Å². The third-order valence-electron chi connectivity index (χ3n) is 2.17. The second-order valence-corrected chi connectivity index (χ2v) is 3.40. The Morgan fingerprint density at radius 2 is 2.17 bits per heavy atom. The van der Waals surface area contributed by atoms with E-state index in [4.69, 9.17) is 11.2 Å². The van der Waals surface area contributed by atoms with Crippen molar-refractivity contribution >= 4 is 0 Å². The smallest absolute Gasteiger partial charge is 0.0911 e. The van der Waals surface area contributed by atoms with Gasteiger partial charge in [0.25, 0.3) is 0 Å². The monoisotopic (exact) mass is 170 g/mol. The highest BCUT2D eigenvalue weighted by atomic mass is 16.5. The minimum absolute atomic E-state index is 0.172. The van der Waals surface area contributed by atoms with Crippen molar-refractivity contribution in [1.29, 1.82) is 0 Å². The maximum Gasteiger partial charge on any atom is 0.0911 e. The fraction of sp³-hybridized carbons (Fsp3) is 0.800. The number of aliphatic hydroxyl groups is 1. The van der Waals surface area contributed by atoms with Gasteiger partial charge < -0.3 is 9.84 Å². The molecule has 1 N–H and O–H groups in total. The number of methoxy groups -OCH3 is 1. The minimum Gasteiger partial charge on any atom is -0.387 e. The Hall–Kier alpha value is -0.520. The van der Waals surface area contributed by atoms with E-state index in [-0.39, 0.29) is 5.92 Å². The molecule has 0 bridgehead atoms. The molecular weight excluding hydrogens is 152 g/mol. The van der Waals surface area contributed by atoms with Gasteiger partial charge in [-0.15, -0.1) is 12.3 Å². The SMILES string of the molecule is C#CCCC(O)(COC)C(C)C. The largest absolute Gasteiger partial charge is 0.387 e. The van der Waals surface area contributed by atoms with Crippen molar-refractivity contribution in [2.45, 2.75) is 32.3 Å². The summed E-state index contributed by atoms with van der Waals surface area (Å²) in [6.45, 7) is 4.29. The molecule has 70 valence electrons. The van der Waals surface area contributed by atoms with Gasteiger partial charge in [-0.05, 0) is 12.3 Å². The first-order valence-corrected chi connectivity index (χ1v) is 4.21. The summed E-state index contributed by atoms with van der Waals surface area (Å²) in [4.78, 5) is 0. The molecule has 12 heavy (non-hydrogen) atoms. The zero-order valence-electron chi connectivity index (χ0n) is 8.13. The maximum absolute atomic E-state index is 10.00. The Morgan fingerprint density at radius 1 is 1.58 bits per heavy atom. The van der Waals surface area contributed by atoms with Crippen molar-refractivity contribution in [1.82, 2.24) is 0 Å². The lowest BCUT2D eigenvalue weighted by molar-refractivity contribution is -0.0689. The molecule has 1 unspecified atom stereocenters. The highest BCUT2D eigenvalue weighted by Gasteiger charge is 2.29. The summed E-state index contributed by atoms with van der Waals surface area (Å²) in [5.41, 5.74) is -0.763. The lowest BCUT2D eigenvalue weighted by Gasteiger charge is -2.30. The van der Waals surface area contributed by atoms with Crippen LogP contribution in [0.3, 0.4) is 0 Å². The van der Waals surface area contributed by atoms with Crippen LogP contribution in [0.25, 0.3) is 0 Å². The second-order valence-electron chi connectivity index (χ2n) is 3.40. The van der Waals surface area contributed by atoms with Gasteiger partial charge in [-0.1, -0.05) is 13.8 Å². The molecule has 0 aliphatic rings. The van der Waals surface area contributed by atoms with E-state index < -0.39 is 5.60 Å². The molecule has 2 heteroatoms. The zero-order chi connectivity index (χ0) is 9.61. The van der Waals surface area contributed by atoms with Crippen LogP contribution in [0.2, 0.25) is 0 Å². The Bertz CT molecular complexity index is 158. The number of hydrogen-bond donors (Lipinski definition) is 1. The fourth-order valence-electron chi connectivity index (χ4n) is 1.07. The molecule has 0 aliphatic heterocycles. The molecule has 0 spiro atoms. The first kappa shape index (κ1) is 11.5. The van der Waals surface area contributed by atoms with E-state index in [0.717, 1.165) is 0 Å². The van der Waals surface area contributed by atoms with Gasteiger partial charge in [0.1, 0.15) is 0 Å². The Balaban J connectivity index is 4.10. The minimum atomic E-state index is -0.763. The van der Waals surface area contributed by atoms with Crippen LogP contribution in [-0.2, 0) is 4.74 Å². The second kappa shape index (κ2) is 5.18. The third-order valence-corrected chi connectivity index (χ3v) is 2.17. The van der Waals surface area contributed by atoms with Gasteiger partial charge in [-0.3, -0.25) is 0 Å². The van der Waals surface area contributed by atoms with Crippen molar-refractivity contribution in [2.24, 2.45) is 5.92 Å². The van der Waals surface area contributed by atoms with Gasteiger partial charge >= 0.3 is 0 Å². The normalized spacial score (nSPS) is 15.7. The van der Waals surface area contributed by atoms with Crippen LogP contribution in [-0.4, -0.2) is 24.4 Å². The van der Waals surface area contributed by atoms with E-state index >= 15 is 0 Å². The Labute approximate surface area is 74.9 Å². The molecule has 1 atom stereocenters. The van der Waals surface area contributed by atoms with E-state index in [2.05, 4.69) is 5.92 Å². The van der Waals surface area contributed by atoms with Gasteiger partial charge in [-0.2, -0.15) is 0 Å². The fourth-order valence-corrected chi connectivity index (χ4v) is 1.07. The van der Waals surface area contributed by atoms with E-state index in [0.29, 0.717) is 19.4 Å². The van der Waals surface area contributed by atoms with Gasteiger partial charge in [-0.25, -0.2) is 0 Å². The van der Waals surface area contributed by atoms with Crippen LogP contribution in [0.4, 0.5) is 0 Å². The Morgan fingerprint density at radius 3 is 2.50 bits per heavy atom. The van der Waals surface area contributed by atoms with Crippen LogP contribution in [0.1, 0.15) is 26.7 Å². The van der Waals surface area contributed by atoms with Crippen molar-refractivity contribution in [2.75, 3.05) is 13.7 Å². The van der Waals surface area contributed by atoms with Gasteiger partial charge in [0.2, 0.25) is 0 Å². The standard InChI is InChI=1S/C10H18O2/c1-5-6-7-10(11,8-12-4)9(2)3/h1,9,11H,6-8H2,2-4H3.